The van der Waals surface area contributed by atoms with Crippen molar-refractivity contribution in [2.24, 2.45) is 5.92 Å². The molecule has 2 atom stereocenters. The van der Waals surface area contributed by atoms with Crippen molar-refractivity contribution < 1.29 is 9.47 Å². The van der Waals surface area contributed by atoms with Gasteiger partial charge in [-0.25, -0.2) is 0 Å². The lowest BCUT2D eigenvalue weighted by Crippen LogP contribution is -2.21. The summed E-state index contributed by atoms with van der Waals surface area (Å²) in [6.45, 7) is 5.20. The van der Waals surface area contributed by atoms with Gasteiger partial charge >= 0.3 is 0 Å². The first kappa shape index (κ1) is 22.7. The van der Waals surface area contributed by atoms with E-state index in [2.05, 4.69) is 26.0 Å². The van der Waals surface area contributed by atoms with Gasteiger partial charge in [-0.05, 0) is 12.8 Å². The van der Waals surface area contributed by atoms with Crippen LogP contribution < -0.4 is 0 Å². The Morgan fingerprint density at radius 1 is 0.783 bits per heavy atom. The molecule has 0 amide bonds. The Morgan fingerprint density at radius 3 is 1.78 bits per heavy atom. The van der Waals surface area contributed by atoms with Crippen LogP contribution in [0.5, 0.6) is 0 Å². The number of hydrogen-bond acceptors (Lipinski definition) is 2. The molecule has 0 saturated heterocycles. The summed E-state index contributed by atoms with van der Waals surface area (Å²) < 4.78 is 10.7. The first-order chi connectivity index (χ1) is 11.3. The summed E-state index contributed by atoms with van der Waals surface area (Å²) in [7, 11) is 3.53. The van der Waals surface area contributed by atoms with E-state index in [-0.39, 0.29) is 6.10 Å². The third-order valence-corrected chi connectivity index (χ3v) is 4.56. The van der Waals surface area contributed by atoms with Gasteiger partial charge in [-0.15, -0.1) is 0 Å². The van der Waals surface area contributed by atoms with Crippen LogP contribution in [0.2, 0.25) is 0 Å². The van der Waals surface area contributed by atoms with Crippen molar-refractivity contribution in [2.45, 2.75) is 97.0 Å². The maximum atomic E-state index is 5.50. The minimum Gasteiger partial charge on any atom is -0.384 e. The Kier molecular flexibility index (Phi) is 17.7. The molecule has 0 N–H and O–H groups in total. The molecule has 23 heavy (non-hydrogen) atoms. The molecule has 1 unspecified atom stereocenters. The molecule has 0 aromatic rings. The highest BCUT2D eigenvalue weighted by molar-refractivity contribution is 4.92. The molecule has 2 heteroatoms. The lowest BCUT2D eigenvalue weighted by molar-refractivity contribution is 0.0505. The highest BCUT2D eigenvalue weighted by atomic mass is 16.5. The summed E-state index contributed by atoms with van der Waals surface area (Å²) in [6, 6.07) is 0. The predicted octanol–water partition coefficient (Wildman–Crippen LogP) is 6.54. The minimum absolute atomic E-state index is 0.183. The van der Waals surface area contributed by atoms with Crippen LogP contribution in [-0.4, -0.2) is 26.9 Å². The molecule has 0 aliphatic carbocycles. The Labute approximate surface area is 146 Å². The third-order valence-electron chi connectivity index (χ3n) is 4.56. The van der Waals surface area contributed by atoms with E-state index in [0.717, 1.165) is 6.61 Å². The summed E-state index contributed by atoms with van der Waals surface area (Å²) in [5.41, 5.74) is 0. The van der Waals surface area contributed by atoms with Crippen LogP contribution in [0.1, 0.15) is 90.9 Å². The summed E-state index contributed by atoms with van der Waals surface area (Å²) in [5.74, 6) is 0.415. The first-order valence-electron chi connectivity index (χ1n) is 9.94. The molecule has 0 rings (SSSR count). The summed E-state index contributed by atoms with van der Waals surface area (Å²) in [4.78, 5) is 0. The number of hydrogen-bond donors (Lipinski definition) is 0. The molecule has 0 fully saturated rings. The Morgan fingerprint density at radius 2 is 1.30 bits per heavy atom. The van der Waals surface area contributed by atoms with Gasteiger partial charge in [0.15, 0.2) is 0 Å². The molecular formula is C21H42O2. The van der Waals surface area contributed by atoms with Gasteiger partial charge in [0.05, 0.1) is 12.7 Å². The standard InChI is InChI=1S/C21H42O2/c1-5-6-7-8-9-10-11-12-13-14-15-16-17-18-21(23-4)20(2)19-22-3/h17-18,20-21H,5-16,19H2,1-4H3/b18-17+/t20-,21?/m0/s1. The van der Waals surface area contributed by atoms with Gasteiger partial charge in [0, 0.05) is 20.1 Å². The molecule has 0 bridgehead atoms. The van der Waals surface area contributed by atoms with Crippen molar-refractivity contribution in [3.63, 3.8) is 0 Å². The second kappa shape index (κ2) is 18.0. The lowest BCUT2D eigenvalue weighted by Gasteiger charge is -2.18. The number of ether oxygens (including phenoxy) is 2. The molecule has 0 aliphatic rings. The molecule has 0 aromatic carbocycles. The zero-order valence-corrected chi connectivity index (χ0v) is 16.3. The van der Waals surface area contributed by atoms with Crippen LogP contribution in [0.15, 0.2) is 12.2 Å². The number of rotatable bonds is 17. The summed E-state index contributed by atoms with van der Waals surface area (Å²) >= 11 is 0. The third kappa shape index (κ3) is 15.0. The molecular weight excluding hydrogens is 284 g/mol. The quantitative estimate of drug-likeness (QED) is 0.223. The minimum atomic E-state index is 0.183. The Hall–Kier alpha value is -0.340. The fraction of sp³-hybridized carbons (Fsp3) is 0.905. The monoisotopic (exact) mass is 326 g/mol. The van der Waals surface area contributed by atoms with Gasteiger partial charge < -0.3 is 9.47 Å². The van der Waals surface area contributed by atoms with E-state index in [4.69, 9.17) is 9.47 Å². The largest absolute Gasteiger partial charge is 0.384 e. The predicted molar refractivity (Wildman–Crippen MR) is 102 cm³/mol. The van der Waals surface area contributed by atoms with Gasteiger partial charge in [-0.2, -0.15) is 0 Å². The van der Waals surface area contributed by atoms with E-state index in [1.165, 1.54) is 77.0 Å². The van der Waals surface area contributed by atoms with Gasteiger partial charge in [0.2, 0.25) is 0 Å². The Balaban J connectivity index is 3.39. The zero-order valence-electron chi connectivity index (χ0n) is 16.3. The molecule has 0 aliphatic heterocycles. The average molecular weight is 327 g/mol. The Bertz CT molecular complexity index is 250. The highest BCUT2D eigenvalue weighted by Crippen LogP contribution is 2.13. The van der Waals surface area contributed by atoms with E-state index in [1.807, 2.05) is 0 Å². The molecule has 2 nitrogen and oxygen atoms in total. The van der Waals surface area contributed by atoms with Crippen molar-refractivity contribution in [3.8, 4) is 0 Å². The average Bonchev–Trinajstić information content (AvgIpc) is 2.55. The fourth-order valence-electron chi connectivity index (χ4n) is 3.02. The van der Waals surface area contributed by atoms with E-state index in [9.17, 15) is 0 Å². The number of methoxy groups -OCH3 is 2. The summed E-state index contributed by atoms with van der Waals surface area (Å²) in [5, 5.41) is 0. The second-order valence-electron chi connectivity index (χ2n) is 6.89. The zero-order chi connectivity index (χ0) is 17.2. The number of allylic oxidation sites excluding steroid dienone is 1. The first-order valence-corrected chi connectivity index (χ1v) is 9.94. The van der Waals surface area contributed by atoms with Gasteiger partial charge in [0.25, 0.3) is 0 Å². The molecule has 0 saturated carbocycles. The van der Waals surface area contributed by atoms with E-state index in [0.29, 0.717) is 5.92 Å². The topological polar surface area (TPSA) is 18.5 Å². The van der Waals surface area contributed by atoms with E-state index in [1.54, 1.807) is 14.2 Å². The maximum absolute atomic E-state index is 5.50. The molecule has 0 heterocycles. The molecule has 138 valence electrons. The van der Waals surface area contributed by atoms with Crippen molar-refractivity contribution in [3.05, 3.63) is 12.2 Å². The van der Waals surface area contributed by atoms with Crippen LogP contribution in [0, 0.1) is 5.92 Å². The number of unbranched alkanes of at least 4 members (excludes halogenated alkanes) is 11. The van der Waals surface area contributed by atoms with Crippen LogP contribution in [0.4, 0.5) is 0 Å². The van der Waals surface area contributed by atoms with Crippen LogP contribution in [-0.2, 0) is 9.47 Å². The fourth-order valence-corrected chi connectivity index (χ4v) is 3.02. The molecule has 0 radical (unpaired) electrons. The second-order valence-corrected chi connectivity index (χ2v) is 6.89. The van der Waals surface area contributed by atoms with Gasteiger partial charge in [0.1, 0.15) is 0 Å². The van der Waals surface area contributed by atoms with E-state index >= 15 is 0 Å². The van der Waals surface area contributed by atoms with Crippen LogP contribution >= 0.6 is 0 Å². The highest BCUT2D eigenvalue weighted by Gasteiger charge is 2.12. The van der Waals surface area contributed by atoms with Crippen molar-refractivity contribution in [1.82, 2.24) is 0 Å². The normalized spacial score (nSPS) is 14.4. The van der Waals surface area contributed by atoms with Crippen LogP contribution in [0.3, 0.4) is 0 Å². The van der Waals surface area contributed by atoms with Crippen molar-refractivity contribution in [2.75, 3.05) is 20.8 Å². The van der Waals surface area contributed by atoms with Crippen LogP contribution in [0.25, 0.3) is 0 Å². The maximum Gasteiger partial charge on any atom is 0.0799 e. The summed E-state index contributed by atoms with van der Waals surface area (Å²) in [6.07, 6.45) is 21.3. The smallest absolute Gasteiger partial charge is 0.0799 e. The SMILES string of the molecule is CCCCCCCCCCCCC/C=C/C(OC)[C@@H](C)COC. The van der Waals surface area contributed by atoms with Gasteiger partial charge in [-0.3, -0.25) is 0 Å². The lowest BCUT2D eigenvalue weighted by atomic mass is 10.0. The van der Waals surface area contributed by atoms with E-state index < -0.39 is 0 Å². The molecule has 0 aromatic heterocycles. The van der Waals surface area contributed by atoms with Gasteiger partial charge in [-0.1, -0.05) is 90.2 Å². The van der Waals surface area contributed by atoms with Crippen molar-refractivity contribution in [1.29, 1.82) is 0 Å². The van der Waals surface area contributed by atoms with Crippen molar-refractivity contribution >= 4 is 0 Å². The molecule has 0 spiro atoms.